The molecular formula is C70H55BN4. The number of anilines is 6. The van der Waals surface area contributed by atoms with Gasteiger partial charge in [0.1, 0.15) is 0 Å². The Labute approximate surface area is 438 Å². The lowest BCUT2D eigenvalue weighted by Crippen LogP contribution is -2.61. The summed E-state index contributed by atoms with van der Waals surface area (Å²) in [6, 6.07) is 84.7. The first-order valence-electron chi connectivity index (χ1n) is 26.6. The third-order valence-corrected chi connectivity index (χ3v) is 16.5. The molecule has 0 aliphatic carbocycles. The highest BCUT2D eigenvalue weighted by Crippen LogP contribution is 2.52. The van der Waals surface area contributed by atoms with Crippen LogP contribution >= 0.6 is 0 Å². The van der Waals surface area contributed by atoms with Gasteiger partial charge in [-0.3, -0.25) is 0 Å². The van der Waals surface area contributed by atoms with E-state index in [2.05, 4.69) is 285 Å². The van der Waals surface area contributed by atoms with Gasteiger partial charge in [0.25, 0.3) is 6.71 Å². The van der Waals surface area contributed by atoms with Crippen molar-refractivity contribution in [1.29, 1.82) is 0 Å². The maximum absolute atomic E-state index is 2.66. The number of para-hydroxylation sites is 4. The van der Waals surface area contributed by atoms with Gasteiger partial charge in [0.2, 0.25) is 0 Å². The minimum Gasteiger partial charge on any atom is -0.310 e. The molecular weight excluding hydrogens is 908 g/mol. The van der Waals surface area contributed by atoms with E-state index in [0.717, 1.165) is 11.4 Å². The quantitative estimate of drug-likeness (QED) is 0.163. The summed E-state index contributed by atoms with van der Waals surface area (Å²) in [6.07, 6.45) is 0. The van der Waals surface area contributed by atoms with Crippen molar-refractivity contribution in [2.75, 3.05) is 9.80 Å². The number of benzene rings is 11. The first-order chi connectivity index (χ1) is 36.5. The Hall–Kier alpha value is -8.80. The van der Waals surface area contributed by atoms with Crippen LogP contribution in [0.1, 0.15) is 52.7 Å². The van der Waals surface area contributed by atoms with E-state index < -0.39 is 0 Å². The molecule has 0 saturated carbocycles. The van der Waals surface area contributed by atoms with E-state index in [4.69, 9.17) is 0 Å². The molecule has 0 atom stereocenters. The number of fused-ring (bicyclic) bond motifs is 12. The van der Waals surface area contributed by atoms with Crippen LogP contribution in [0.15, 0.2) is 224 Å². The topological polar surface area (TPSA) is 16.3 Å². The molecule has 0 spiro atoms. The maximum Gasteiger partial charge on any atom is 0.252 e. The van der Waals surface area contributed by atoms with E-state index in [1.807, 2.05) is 0 Å². The molecule has 15 rings (SSSR count). The van der Waals surface area contributed by atoms with E-state index in [9.17, 15) is 0 Å². The first-order valence-corrected chi connectivity index (χ1v) is 26.6. The molecule has 0 amide bonds. The van der Waals surface area contributed by atoms with E-state index in [-0.39, 0.29) is 17.5 Å². The second-order valence-corrected chi connectivity index (χ2v) is 22.9. The largest absolute Gasteiger partial charge is 0.310 e. The van der Waals surface area contributed by atoms with Crippen LogP contribution in [0.5, 0.6) is 0 Å². The van der Waals surface area contributed by atoms with E-state index in [1.54, 1.807) is 0 Å². The van der Waals surface area contributed by atoms with Crippen LogP contribution < -0.4 is 26.2 Å². The molecule has 0 saturated heterocycles. The molecule has 4 nitrogen and oxygen atoms in total. The average molecular weight is 963 g/mol. The van der Waals surface area contributed by atoms with Crippen molar-refractivity contribution in [3.8, 4) is 11.4 Å². The number of aromatic nitrogens is 2. The minimum atomic E-state index is -0.179. The summed E-state index contributed by atoms with van der Waals surface area (Å²) < 4.78 is 4.96. The zero-order valence-electron chi connectivity index (χ0n) is 43.2. The van der Waals surface area contributed by atoms with Crippen molar-refractivity contribution < 1.29 is 0 Å². The second-order valence-electron chi connectivity index (χ2n) is 22.9. The molecule has 0 fully saturated rings. The maximum atomic E-state index is 2.66. The van der Waals surface area contributed by atoms with Crippen molar-refractivity contribution in [3.63, 3.8) is 0 Å². The normalized spacial score (nSPS) is 13.4. The number of hydrogen-bond acceptors (Lipinski definition) is 2. The molecule has 75 heavy (non-hydrogen) atoms. The Bertz CT molecular complexity index is 4150. The number of hydrogen-bond donors (Lipinski definition) is 0. The van der Waals surface area contributed by atoms with Crippen molar-refractivity contribution in [2.45, 2.75) is 52.4 Å². The fraction of sp³-hybridized carbons (Fsp3) is 0.114. The highest BCUT2D eigenvalue weighted by Gasteiger charge is 2.45. The van der Waals surface area contributed by atoms with Crippen LogP contribution in [0.4, 0.5) is 34.1 Å². The highest BCUT2D eigenvalue weighted by molar-refractivity contribution is 7.00. The van der Waals surface area contributed by atoms with Crippen LogP contribution in [-0.4, -0.2) is 15.8 Å². The fourth-order valence-corrected chi connectivity index (χ4v) is 13.3. The third-order valence-electron chi connectivity index (χ3n) is 16.5. The van der Waals surface area contributed by atoms with Gasteiger partial charge in [0.05, 0.1) is 33.4 Å². The monoisotopic (exact) mass is 962 g/mol. The van der Waals surface area contributed by atoms with Gasteiger partial charge in [-0.1, -0.05) is 205 Å². The third kappa shape index (κ3) is 6.31. The molecule has 4 heterocycles. The Morgan fingerprint density at radius 3 is 1.03 bits per heavy atom. The standard InChI is InChI=1S/C70H55BN4/c1-69(2,3)54-38-34-44-20-7-9-22-48(44)67(54)74-62-32-19-33-63-66(62)71(56-40-36-46(42-64(56)74)72-58-28-15-11-24-50(58)51-25-12-16-29-59(51)72)57-41-37-47(73-60-30-17-13-26-52(60)53-27-14-18-31-61(53)73)43-65(57)75(63)68-49-23-10-8-21-45(49)35-39-55(68)70(4,5)6/h7-43H,1-6H3. The van der Waals surface area contributed by atoms with Crippen molar-refractivity contribution in [3.05, 3.63) is 236 Å². The summed E-state index contributed by atoms with van der Waals surface area (Å²) in [4.78, 5) is 5.32. The summed E-state index contributed by atoms with van der Waals surface area (Å²) in [5, 5.41) is 9.94. The van der Waals surface area contributed by atoms with Gasteiger partial charge in [-0.15, -0.1) is 0 Å². The van der Waals surface area contributed by atoms with Crippen molar-refractivity contribution in [1.82, 2.24) is 9.13 Å². The van der Waals surface area contributed by atoms with Crippen LogP contribution in [0.2, 0.25) is 0 Å². The molecule has 0 radical (unpaired) electrons. The minimum absolute atomic E-state index is 0.0887. The predicted octanol–water partition coefficient (Wildman–Crippen LogP) is 16.9. The second kappa shape index (κ2) is 15.9. The molecule has 2 aliphatic heterocycles. The van der Waals surface area contributed by atoms with E-state index in [0.29, 0.717) is 0 Å². The lowest BCUT2D eigenvalue weighted by Gasteiger charge is -2.46. The van der Waals surface area contributed by atoms with E-state index in [1.165, 1.54) is 127 Å². The fourth-order valence-electron chi connectivity index (χ4n) is 13.3. The summed E-state index contributed by atoms with van der Waals surface area (Å²) in [5.74, 6) is 0. The highest BCUT2D eigenvalue weighted by atomic mass is 15.2. The molecule has 358 valence electrons. The molecule has 13 aromatic rings. The summed E-state index contributed by atoms with van der Waals surface area (Å²) >= 11 is 0. The Morgan fingerprint density at radius 2 is 0.653 bits per heavy atom. The Morgan fingerprint density at radius 1 is 0.307 bits per heavy atom. The summed E-state index contributed by atoms with van der Waals surface area (Å²) in [6.45, 7) is 14.1. The van der Waals surface area contributed by atoms with Crippen LogP contribution in [0.25, 0.3) is 76.5 Å². The van der Waals surface area contributed by atoms with Crippen LogP contribution in [0, 0.1) is 0 Å². The molecule has 2 aliphatic rings. The molecule has 2 aromatic heterocycles. The smallest absolute Gasteiger partial charge is 0.252 e. The molecule has 11 aromatic carbocycles. The van der Waals surface area contributed by atoms with Gasteiger partial charge < -0.3 is 18.9 Å². The zero-order valence-corrected chi connectivity index (χ0v) is 43.2. The van der Waals surface area contributed by atoms with Gasteiger partial charge in [-0.05, 0) is 110 Å². The van der Waals surface area contributed by atoms with Gasteiger partial charge in [0, 0.05) is 66.4 Å². The molecule has 0 bridgehead atoms. The SMILES string of the molecule is CC(C)(C)c1ccc2ccccc2c1N1c2cc(-n3c4ccccc4c4ccccc43)ccc2B2c3ccc(-n4c5ccccc5c5ccccc54)cc3N(c3c(C(C)(C)C)ccc4ccccc34)c3cccc1c32. The van der Waals surface area contributed by atoms with Gasteiger partial charge in [0.15, 0.2) is 0 Å². The molecule has 5 heteroatoms. The van der Waals surface area contributed by atoms with Crippen molar-refractivity contribution >= 4 is 122 Å². The Balaban J connectivity index is 1.09. The predicted molar refractivity (Wildman–Crippen MR) is 322 cm³/mol. The number of rotatable bonds is 4. The zero-order chi connectivity index (χ0) is 50.5. The van der Waals surface area contributed by atoms with Gasteiger partial charge in [-0.2, -0.15) is 0 Å². The molecule has 0 unspecified atom stereocenters. The van der Waals surface area contributed by atoms with Gasteiger partial charge >= 0.3 is 0 Å². The Kier molecular flexibility index (Phi) is 9.25. The molecule has 0 N–H and O–H groups in total. The first kappa shape index (κ1) is 43.8. The van der Waals surface area contributed by atoms with Gasteiger partial charge in [-0.25, -0.2) is 0 Å². The lowest BCUT2D eigenvalue weighted by molar-refractivity contribution is 0.591. The van der Waals surface area contributed by atoms with E-state index >= 15 is 0 Å². The lowest BCUT2D eigenvalue weighted by atomic mass is 9.33. The summed E-state index contributed by atoms with van der Waals surface area (Å²) in [7, 11) is 0. The average Bonchev–Trinajstić information content (AvgIpc) is 3.97. The summed E-state index contributed by atoms with van der Waals surface area (Å²) in [5.41, 5.74) is 20.4. The van der Waals surface area contributed by atoms with Crippen LogP contribution in [-0.2, 0) is 10.8 Å². The number of nitrogens with zero attached hydrogens (tertiary/aromatic N) is 4. The van der Waals surface area contributed by atoms with Crippen molar-refractivity contribution in [2.24, 2.45) is 0 Å². The van der Waals surface area contributed by atoms with Crippen LogP contribution in [0.3, 0.4) is 0 Å².